The quantitative estimate of drug-likeness (QED) is 0.305. The smallest absolute Gasteiger partial charge is 0.262 e. The van der Waals surface area contributed by atoms with E-state index in [-0.39, 0.29) is 24.2 Å². The fourth-order valence-electron chi connectivity index (χ4n) is 3.27. The summed E-state index contributed by atoms with van der Waals surface area (Å²) in [7, 11) is 1.45. The zero-order valence-electron chi connectivity index (χ0n) is 18.8. The summed E-state index contributed by atoms with van der Waals surface area (Å²) in [5, 5.41) is 16.9. The Kier molecular flexibility index (Phi) is 7.55. The highest BCUT2D eigenvalue weighted by Crippen LogP contribution is 2.33. The van der Waals surface area contributed by atoms with Crippen molar-refractivity contribution in [1.29, 1.82) is 0 Å². The van der Waals surface area contributed by atoms with Gasteiger partial charge in [0.25, 0.3) is 11.8 Å². The molecule has 174 valence electrons. The molecular weight excluding hydrogens is 426 g/mol. The minimum atomic E-state index is -0.814. The van der Waals surface area contributed by atoms with E-state index in [1.807, 2.05) is 13.8 Å². The molecule has 1 atom stereocenters. The molecule has 1 heterocycles. The van der Waals surface area contributed by atoms with Crippen molar-refractivity contribution in [3.8, 4) is 23.0 Å². The first-order chi connectivity index (χ1) is 15.8. The Balaban J connectivity index is 1.68. The minimum Gasteiger partial charge on any atom is -0.504 e. The number of fused-ring (bicyclic) bond motifs is 1. The number of phenolic OH excluding ortho intramolecular Hbond substituents is 1. The maximum absolute atomic E-state index is 12.7. The van der Waals surface area contributed by atoms with Crippen molar-refractivity contribution in [2.75, 3.05) is 13.9 Å². The summed E-state index contributed by atoms with van der Waals surface area (Å²) in [6.07, 6.45) is 3.54. The molecule has 2 aromatic carbocycles. The van der Waals surface area contributed by atoms with Gasteiger partial charge in [0.2, 0.25) is 6.79 Å². The number of hydrogen-bond donors (Lipinski definition) is 3. The van der Waals surface area contributed by atoms with Gasteiger partial charge in [0.15, 0.2) is 23.0 Å². The molecule has 2 aromatic rings. The third kappa shape index (κ3) is 5.62. The number of methoxy groups -OCH3 is 1. The van der Waals surface area contributed by atoms with E-state index in [4.69, 9.17) is 14.2 Å². The normalized spacial score (nSPS) is 13.1. The summed E-state index contributed by atoms with van der Waals surface area (Å²) in [5.74, 6) is 0.309. The van der Waals surface area contributed by atoms with Gasteiger partial charge in [-0.05, 0) is 48.2 Å². The highest BCUT2D eigenvalue weighted by atomic mass is 16.7. The zero-order valence-corrected chi connectivity index (χ0v) is 18.8. The first-order valence-electron chi connectivity index (χ1n) is 10.4. The van der Waals surface area contributed by atoms with Crippen LogP contribution in [0.5, 0.6) is 23.0 Å². The van der Waals surface area contributed by atoms with Crippen LogP contribution in [-0.4, -0.2) is 43.1 Å². The number of carbonyl (C=O) groups is 2. The Morgan fingerprint density at radius 2 is 2.00 bits per heavy atom. The fraction of sp³-hybridized carbons (Fsp3) is 0.292. The third-order valence-electron chi connectivity index (χ3n) is 5.02. The van der Waals surface area contributed by atoms with Crippen molar-refractivity contribution >= 4 is 18.0 Å². The van der Waals surface area contributed by atoms with Crippen LogP contribution in [0, 0.1) is 5.92 Å². The van der Waals surface area contributed by atoms with Gasteiger partial charge in [0.1, 0.15) is 6.04 Å². The molecule has 1 unspecified atom stereocenters. The topological polar surface area (TPSA) is 118 Å². The second-order valence-corrected chi connectivity index (χ2v) is 7.72. The first-order valence-corrected chi connectivity index (χ1v) is 10.4. The van der Waals surface area contributed by atoms with E-state index in [1.54, 1.807) is 36.4 Å². The number of carbonyl (C=O) groups excluding carboxylic acids is 2. The van der Waals surface area contributed by atoms with Crippen LogP contribution in [0.3, 0.4) is 0 Å². The second kappa shape index (κ2) is 10.5. The van der Waals surface area contributed by atoms with Crippen LogP contribution in [0.25, 0.3) is 0 Å². The summed E-state index contributed by atoms with van der Waals surface area (Å²) in [5.41, 5.74) is 4.05. The van der Waals surface area contributed by atoms with E-state index in [9.17, 15) is 14.7 Å². The lowest BCUT2D eigenvalue weighted by Gasteiger charge is -2.20. The van der Waals surface area contributed by atoms with Gasteiger partial charge in [0.05, 0.1) is 13.3 Å². The Labute approximate surface area is 192 Å². The highest BCUT2D eigenvalue weighted by Gasteiger charge is 2.25. The molecule has 0 fully saturated rings. The molecule has 1 aliphatic heterocycles. The molecule has 0 aliphatic carbocycles. The molecule has 9 nitrogen and oxygen atoms in total. The van der Waals surface area contributed by atoms with Crippen molar-refractivity contribution in [3.05, 3.63) is 59.7 Å². The van der Waals surface area contributed by atoms with Crippen LogP contribution in [0.15, 0.2) is 48.1 Å². The van der Waals surface area contributed by atoms with Crippen molar-refractivity contribution < 1.29 is 28.9 Å². The van der Waals surface area contributed by atoms with Crippen LogP contribution < -0.4 is 25.0 Å². The van der Waals surface area contributed by atoms with E-state index < -0.39 is 17.9 Å². The number of nitrogens with zero attached hydrogens (tertiary/aromatic N) is 1. The predicted octanol–water partition coefficient (Wildman–Crippen LogP) is 2.76. The Morgan fingerprint density at radius 1 is 1.24 bits per heavy atom. The van der Waals surface area contributed by atoms with Crippen LogP contribution >= 0.6 is 0 Å². The number of allylic oxidation sites excluding steroid dienone is 1. The van der Waals surface area contributed by atoms with Gasteiger partial charge in [-0.2, -0.15) is 5.10 Å². The van der Waals surface area contributed by atoms with E-state index in [0.29, 0.717) is 34.6 Å². The number of amides is 2. The second-order valence-electron chi connectivity index (χ2n) is 7.72. The van der Waals surface area contributed by atoms with Gasteiger partial charge in [-0.1, -0.05) is 19.9 Å². The van der Waals surface area contributed by atoms with E-state index in [0.717, 1.165) is 0 Å². The van der Waals surface area contributed by atoms with Gasteiger partial charge in [-0.25, -0.2) is 5.43 Å². The predicted molar refractivity (Wildman–Crippen MR) is 123 cm³/mol. The number of nitrogens with one attached hydrogen (secondary N) is 2. The van der Waals surface area contributed by atoms with E-state index >= 15 is 0 Å². The molecule has 1 aliphatic rings. The number of aromatic hydroxyl groups is 1. The molecule has 0 saturated carbocycles. The summed E-state index contributed by atoms with van der Waals surface area (Å²) < 4.78 is 15.7. The minimum absolute atomic E-state index is 0.0321. The molecule has 0 saturated heterocycles. The number of phenols is 1. The van der Waals surface area contributed by atoms with E-state index in [2.05, 4.69) is 22.4 Å². The van der Waals surface area contributed by atoms with Gasteiger partial charge in [0, 0.05) is 11.1 Å². The standard InChI is InChI=1S/C24H27N3O6/c1-5-6-16-9-15(10-20(31-4)22(16)28)12-25-27-24(30)21(14(2)3)26-23(29)17-7-8-18-19(11-17)33-13-32-18/h5,7-12,14,21,28H,1,6,13H2,2-4H3,(H,26,29)(H,27,30). The lowest BCUT2D eigenvalue weighted by molar-refractivity contribution is -0.123. The number of rotatable bonds is 9. The molecule has 3 rings (SSSR count). The summed E-state index contributed by atoms with van der Waals surface area (Å²) in [6, 6.07) is 7.33. The molecule has 33 heavy (non-hydrogen) atoms. The number of hydrogen-bond acceptors (Lipinski definition) is 7. The number of benzene rings is 2. The van der Waals surface area contributed by atoms with Crippen LogP contribution in [0.1, 0.15) is 35.3 Å². The van der Waals surface area contributed by atoms with E-state index in [1.165, 1.54) is 13.3 Å². The molecule has 3 N–H and O–H groups in total. The first kappa shape index (κ1) is 23.6. The molecule has 2 amide bonds. The average Bonchev–Trinajstić information content (AvgIpc) is 3.27. The van der Waals surface area contributed by atoms with Gasteiger partial charge in [-0.3, -0.25) is 9.59 Å². The molecule has 9 heteroatoms. The molecule has 0 spiro atoms. The SMILES string of the molecule is C=CCc1cc(C=NNC(=O)C(NC(=O)c2ccc3c(c2)OCO3)C(C)C)cc(OC)c1O. The Bertz CT molecular complexity index is 1080. The summed E-state index contributed by atoms with van der Waals surface area (Å²) >= 11 is 0. The molecular formula is C24H27N3O6. The van der Waals surface area contributed by atoms with Crippen LogP contribution in [-0.2, 0) is 11.2 Å². The van der Waals surface area contributed by atoms with Gasteiger partial charge < -0.3 is 24.6 Å². The van der Waals surface area contributed by atoms with Crippen LogP contribution in [0.4, 0.5) is 0 Å². The summed E-state index contributed by atoms with van der Waals surface area (Å²) in [4.78, 5) is 25.4. The number of ether oxygens (including phenoxy) is 3. The fourth-order valence-corrected chi connectivity index (χ4v) is 3.27. The Hall–Kier alpha value is -4.01. The van der Waals surface area contributed by atoms with Gasteiger partial charge >= 0.3 is 0 Å². The van der Waals surface area contributed by atoms with Crippen molar-refractivity contribution in [3.63, 3.8) is 0 Å². The van der Waals surface area contributed by atoms with Gasteiger partial charge in [-0.15, -0.1) is 6.58 Å². The maximum Gasteiger partial charge on any atom is 0.262 e. The molecule has 0 bridgehead atoms. The number of hydrazone groups is 1. The van der Waals surface area contributed by atoms with Crippen molar-refractivity contribution in [2.24, 2.45) is 11.0 Å². The average molecular weight is 453 g/mol. The Morgan fingerprint density at radius 3 is 2.70 bits per heavy atom. The maximum atomic E-state index is 12.7. The monoisotopic (exact) mass is 453 g/mol. The molecule has 0 radical (unpaired) electrons. The zero-order chi connectivity index (χ0) is 24.0. The third-order valence-corrected chi connectivity index (χ3v) is 5.02. The highest BCUT2D eigenvalue weighted by molar-refractivity contribution is 5.98. The lowest BCUT2D eigenvalue weighted by Crippen LogP contribution is -2.48. The lowest BCUT2D eigenvalue weighted by atomic mass is 10.0. The van der Waals surface area contributed by atoms with Crippen LogP contribution in [0.2, 0.25) is 0 Å². The van der Waals surface area contributed by atoms with Crippen molar-refractivity contribution in [2.45, 2.75) is 26.3 Å². The molecule has 0 aromatic heterocycles. The largest absolute Gasteiger partial charge is 0.504 e. The summed E-state index contributed by atoms with van der Waals surface area (Å²) in [6.45, 7) is 7.42. The van der Waals surface area contributed by atoms with Crippen molar-refractivity contribution in [1.82, 2.24) is 10.7 Å².